The van der Waals surface area contributed by atoms with Crippen molar-refractivity contribution in [3.8, 4) is 0 Å². The molecule has 1 N–H and O–H groups in total. The summed E-state index contributed by atoms with van der Waals surface area (Å²) in [5.74, 6) is -1.65. The first-order valence-corrected chi connectivity index (χ1v) is 6.22. The number of aromatic amines is 1. The molecule has 22 heavy (non-hydrogen) atoms. The molecular formula is C12H14N2O8. The molecule has 0 spiro atoms. The topological polar surface area (TPSA) is 126 Å². The number of carbonyl (C=O) groups is 2. The van der Waals surface area contributed by atoms with Crippen LogP contribution in [0.15, 0.2) is 21.9 Å². The maximum absolute atomic E-state index is 11.7. The molecule has 10 nitrogen and oxygen atoms in total. The minimum atomic E-state index is -1.39. The normalized spacial score (nSPS) is 24.5. The molecule has 120 valence electrons. The molecule has 1 aliphatic rings. The van der Waals surface area contributed by atoms with Crippen molar-refractivity contribution in [2.75, 3.05) is 20.8 Å². The average molecular weight is 314 g/mol. The lowest BCUT2D eigenvalue weighted by Crippen LogP contribution is -2.52. The van der Waals surface area contributed by atoms with Crippen LogP contribution < -0.4 is 11.2 Å². The first kappa shape index (κ1) is 15.9. The molecule has 2 heterocycles. The van der Waals surface area contributed by atoms with Crippen LogP contribution in [0.2, 0.25) is 0 Å². The van der Waals surface area contributed by atoms with Crippen molar-refractivity contribution in [1.29, 1.82) is 0 Å². The van der Waals surface area contributed by atoms with Crippen molar-refractivity contribution >= 4 is 11.9 Å². The smallest absolute Gasteiger partial charge is 0.338 e. The Morgan fingerprint density at radius 2 is 1.86 bits per heavy atom. The lowest BCUT2D eigenvalue weighted by Gasteiger charge is -2.33. The van der Waals surface area contributed by atoms with Crippen LogP contribution in [-0.2, 0) is 28.5 Å². The van der Waals surface area contributed by atoms with E-state index in [0.717, 1.165) is 24.9 Å². The molecular weight excluding hydrogens is 300 g/mol. The number of rotatable bonds is 3. The predicted molar refractivity (Wildman–Crippen MR) is 69.0 cm³/mol. The van der Waals surface area contributed by atoms with E-state index in [9.17, 15) is 19.2 Å². The van der Waals surface area contributed by atoms with Gasteiger partial charge in [0.25, 0.3) is 5.56 Å². The summed E-state index contributed by atoms with van der Waals surface area (Å²) >= 11 is 0. The van der Waals surface area contributed by atoms with Crippen molar-refractivity contribution in [1.82, 2.24) is 9.55 Å². The summed E-state index contributed by atoms with van der Waals surface area (Å²) in [6.45, 7) is -0.195. The summed E-state index contributed by atoms with van der Waals surface area (Å²) in [5, 5.41) is 0. The van der Waals surface area contributed by atoms with Crippen LogP contribution in [0.25, 0.3) is 0 Å². The number of hydrogen-bond donors (Lipinski definition) is 1. The summed E-state index contributed by atoms with van der Waals surface area (Å²) in [4.78, 5) is 48.2. The van der Waals surface area contributed by atoms with Crippen LogP contribution in [0.5, 0.6) is 0 Å². The minimum Gasteiger partial charge on any atom is -0.467 e. The van der Waals surface area contributed by atoms with Gasteiger partial charge in [0, 0.05) is 12.3 Å². The van der Waals surface area contributed by atoms with Gasteiger partial charge in [-0.1, -0.05) is 0 Å². The number of methoxy groups -OCH3 is 2. The third-order valence-electron chi connectivity index (χ3n) is 3.03. The number of esters is 2. The second-order valence-corrected chi connectivity index (χ2v) is 4.33. The fourth-order valence-electron chi connectivity index (χ4n) is 1.96. The van der Waals surface area contributed by atoms with Gasteiger partial charge >= 0.3 is 17.6 Å². The van der Waals surface area contributed by atoms with Crippen molar-refractivity contribution in [3.05, 3.63) is 33.1 Å². The Hall–Kier alpha value is -2.46. The zero-order valence-corrected chi connectivity index (χ0v) is 11.8. The van der Waals surface area contributed by atoms with Gasteiger partial charge in [-0.05, 0) is 0 Å². The molecule has 0 amide bonds. The van der Waals surface area contributed by atoms with E-state index in [4.69, 9.17) is 9.47 Å². The lowest BCUT2D eigenvalue weighted by molar-refractivity contribution is -0.226. The van der Waals surface area contributed by atoms with Crippen LogP contribution in [0.3, 0.4) is 0 Å². The Labute approximate surface area is 123 Å². The number of H-pyrrole nitrogens is 1. The molecule has 0 aliphatic carbocycles. The zero-order chi connectivity index (χ0) is 16.3. The quantitative estimate of drug-likeness (QED) is 0.645. The van der Waals surface area contributed by atoms with Crippen molar-refractivity contribution < 1.29 is 28.5 Å². The first-order valence-electron chi connectivity index (χ1n) is 6.22. The van der Waals surface area contributed by atoms with Crippen molar-refractivity contribution in [2.45, 2.75) is 18.4 Å². The van der Waals surface area contributed by atoms with Crippen molar-refractivity contribution in [2.24, 2.45) is 0 Å². The van der Waals surface area contributed by atoms with Crippen molar-refractivity contribution in [3.63, 3.8) is 0 Å². The summed E-state index contributed by atoms with van der Waals surface area (Å²) in [6, 6.07) is 1.12. The minimum absolute atomic E-state index is 0.195. The molecule has 0 unspecified atom stereocenters. The standard InChI is InChI=1S/C12H14N2O8/c1-19-10(16)8-9(11(17)20-2)22-7(5-21-8)14-4-3-6(15)13-12(14)18/h3-4,7-9H,5H2,1-2H3,(H,13,15,18)/t7-,8+,9+/m0/s1. The first-order chi connectivity index (χ1) is 10.5. The fraction of sp³-hybridized carbons (Fsp3) is 0.500. The average Bonchev–Trinajstić information content (AvgIpc) is 2.53. The second-order valence-electron chi connectivity index (χ2n) is 4.33. The van der Waals surface area contributed by atoms with Gasteiger partial charge in [0.05, 0.1) is 20.8 Å². The Morgan fingerprint density at radius 1 is 1.23 bits per heavy atom. The van der Waals surface area contributed by atoms with Gasteiger partial charge in [0.2, 0.25) is 0 Å². The zero-order valence-electron chi connectivity index (χ0n) is 11.8. The number of nitrogens with one attached hydrogen (secondary N) is 1. The van der Waals surface area contributed by atoms with E-state index < -0.39 is 41.6 Å². The van der Waals surface area contributed by atoms with Gasteiger partial charge in [-0.25, -0.2) is 14.4 Å². The third-order valence-corrected chi connectivity index (χ3v) is 3.03. The Bertz CT molecular complexity index is 678. The Kier molecular flexibility index (Phi) is 4.73. The summed E-state index contributed by atoms with van der Waals surface area (Å²) < 4.78 is 20.8. The molecule has 1 aliphatic heterocycles. The SMILES string of the molecule is COC(=O)[C@@H]1OC[C@@H](n2ccc(=O)[nH]c2=O)O[C@H]1C(=O)OC. The number of hydrogen-bond acceptors (Lipinski definition) is 8. The molecule has 2 rings (SSSR count). The van der Waals surface area contributed by atoms with Gasteiger partial charge in [0.1, 0.15) is 0 Å². The molecule has 1 fully saturated rings. The molecule has 0 aromatic carbocycles. The second kappa shape index (κ2) is 6.54. The molecule has 1 saturated heterocycles. The highest BCUT2D eigenvalue weighted by Crippen LogP contribution is 2.22. The van der Waals surface area contributed by atoms with E-state index >= 15 is 0 Å². The van der Waals surface area contributed by atoms with Crippen LogP contribution in [0.1, 0.15) is 6.23 Å². The van der Waals surface area contributed by atoms with E-state index in [1.54, 1.807) is 0 Å². The van der Waals surface area contributed by atoms with E-state index in [0.29, 0.717) is 0 Å². The highest BCUT2D eigenvalue weighted by molar-refractivity contribution is 5.85. The van der Waals surface area contributed by atoms with Gasteiger partial charge in [-0.2, -0.15) is 0 Å². The molecule has 0 saturated carbocycles. The van der Waals surface area contributed by atoms with E-state index in [1.165, 1.54) is 6.20 Å². The molecule has 10 heteroatoms. The summed E-state index contributed by atoms with van der Waals surface area (Å²) in [7, 11) is 2.26. The van der Waals surface area contributed by atoms with Crippen LogP contribution in [-0.4, -0.2) is 54.5 Å². The lowest BCUT2D eigenvalue weighted by atomic mass is 10.2. The van der Waals surface area contributed by atoms with E-state index in [2.05, 4.69) is 9.47 Å². The summed E-state index contributed by atoms with van der Waals surface area (Å²) in [6.07, 6.45) is -2.50. The Balaban J connectivity index is 2.28. The fourth-order valence-corrected chi connectivity index (χ4v) is 1.96. The monoisotopic (exact) mass is 314 g/mol. The van der Waals surface area contributed by atoms with Gasteiger partial charge in [0.15, 0.2) is 18.4 Å². The van der Waals surface area contributed by atoms with Crippen LogP contribution >= 0.6 is 0 Å². The number of carbonyl (C=O) groups excluding carboxylic acids is 2. The van der Waals surface area contributed by atoms with E-state index in [-0.39, 0.29) is 6.61 Å². The van der Waals surface area contributed by atoms with Gasteiger partial charge < -0.3 is 18.9 Å². The highest BCUT2D eigenvalue weighted by atomic mass is 16.6. The van der Waals surface area contributed by atoms with Crippen LogP contribution in [0, 0.1) is 0 Å². The molecule has 0 bridgehead atoms. The number of aromatic nitrogens is 2. The maximum atomic E-state index is 11.7. The third kappa shape index (κ3) is 3.07. The van der Waals surface area contributed by atoms with Gasteiger partial charge in [-0.3, -0.25) is 14.3 Å². The molecule has 0 radical (unpaired) electrons. The Morgan fingerprint density at radius 3 is 2.45 bits per heavy atom. The number of nitrogens with zero attached hydrogens (tertiary/aromatic N) is 1. The molecule has 1 aromatic rings. The largest absolute Gasteiger partial charge is 0.467 e. The molecule has 1 aromatic heterocycles. The molecule has 3 atom stereocenters. The predicted octanol–water partition coefficient (Wildman–Crippen LogP) is -1.83. The highest BCUT2D eigenvalue weighted by Gasteiger charge is 2.43. The maximum Gasteiger partial charge on any atom is 0.338 e. The summed E-state index contributed by atoms with van der Waals surface area (Å²) in [5.41, 5.74) is -1.31. The van der Waals surface area contributed by atoms with E-state index in [1.807, 2.05) is 4.98 Å². The van der Waals surface area contributed by atoms with Gasteiger partial charge in [-0.15, -0.1) is 0 Å². The number of ether oxygens (including phenoxy) is 4. The van der Waals surface area contributed by atoms with Crippen LogP contribution in [0.4, 0.5) is 0 Å².